The summed E-state index contributed by atoms with van der Waals surface area (Å²) < 4.78 is 0. The van der Waals surface area contributed by atoms with Crippen LogP contribution in [0.2, 0.25) is 5.02 Å². The smallest absolute Gasteiger partial charge is 0.227 e. The molecule has 0 bridgehead atoms. The van der Waals surface area contributed by atoms with Gasteiger partial charge < -0.3 is 15.5 Å². The zero-order chi connectivity index (χ0) is 18.8. The number of fused-ring (bicyclic) bond motifs is 1. The largest absolute Gasteiger partial charge is 0.339 e. The molecule has 0 saturated carbocycles. The first-order chi connectivity index (χ1) is 13.1. The van der Waals surface area contributed by atoms with E-state index in [4.69, 9.17) is 16.6 Å². The summed E-state index contributed by atoms with van der Waals surface area (Å²) in [6, 6.07) is 6.74. The highest BCUT2D eigenvalue weighted by molar-refractivity contribution is 6.32. The van der Waals surface area contributed by atoms with Crippen LogP contribution in [0.1, 0.15) is 31.4 Å². The Kier molecular flexibility index (Phi) is 5.27. The van der Waals surface area contributed by atoms with Gasteiger partial charge in [-0.25, -0.2) is 4.98 Å². The van der Waals surface area contributed by atoms with Crippen molar-refractivity contribution in [1.29, 1.82) is 0 Å². The fourth-order valence-electron chi connectivity index (χ4n) is 3.58. The van der Waals surface area contributed by atoms with Crippen LogP contribution in [0.15, 0.2) is 29.4 Å². The number of rotatable bonds is 4. The van der Waals surface area contributed by atoms with E-state index >= 15 is 0 Å². The van der Waals surface area contributed by atoms with Gasteiger partial charge in [-0.15, -0.1) is 0 Å². The van der Waals surface area contributed by atoms with E-state index < -0.39 is 0 Å². The van der Waals surface area contributed by atoms with Gasteiger partial charge in [0.05, 0.1) is 12.7 Å². The molecule has 2 aliphatic rings. The van der Waals surface area contributed by atoms with Crippen LogP contribution in [0.25, 0.3) is 0 Å². The van der Waals surface area contributed by atoms with E-state index in [2.05, 4.69) is 51.5 Å². The number of anilines is 3. The fourth-order valence-corrected chi connectivity index (χ4v) is 3.71. The Balaban J connectivity index is 1.52. The first kappa shape index (κ1) is 18.2. The molecule has 6 nitrogen and oxygen atoms in total. The van der Waals surface area contributed by atoms with E-state index in [1.54, 1.807) is 6.20 Å². The summed E-state index contributed by atoms with van der Waals surface area (Å²) in [5.74, 6) is 1.97. The number of aliphatic imine (C=N–C) groups is 1. The number of hydrogen-bond donors (Lipinski definition) is 2. The Labute approximate surface area is 165 Å². The number of aromatic nitrogens is 2. The molecule has 0 radical (unpaired) electrons. The maximum atomic E-state index is 6.35. The highest BCUT2D eigenvalue weighted by atomic mass is 35.5. The summed E-state index contributed by atoms with van der Waals surface area (Å²) in [5.41, 5.74) is 3.33. The zero-order valence-electron chi connectivity index (χ0n) is 15.7. The van der Waals surface area contributed by atoms with Crippen LogP contribution in [-0.2, 0) is 6.54 Å². The van der Waals surface area contributed by atoms with Gasteiger partial charge in [0.2, 0.25) is 5.95 Å². The van der Waals surface area contributed by atoms with Crippen LogP contribution in [0, 0.1) is 5.92 Å². The standard InChI is InChI=1S/C20H25ClN6/c1-13(2)18-5-7-27(8-6-23-18)20-24-12-17(21)19(26-20)25-16-4-3-14-10-22-11-15(14)9-16/h3-4,9,11-13,18,23H,5-8,10H2,1-2H3,(H,24,25,26). The second-order valence-corrected chi connectivity index (χ2v) is 7.86. The SMILES string of the molecule is CC(C)C1CCN(c2ncc(Cl)c(Nc3ccc4c(c3)C=NC4)n2)CCN1. The van der Waals surface area contributed by atoms with Crippen LogP contribution in [0.5, 0.6) is 0 Å². The lowest BCUT2D eigenvalue weighted by Gasteiger charge is -2.21. The van der Waals surface area contributed by atoms with Crippen molar-refractivity contribution in [2.45, 2.75) is 32.9 Å². The Hall–Kier alpha value is -2.18. The minimum absolute atomic E-state index is 0.515. The van der Waals surface area contributed by atoms with Crippen LogP contribution in [0.4, 0.5) is 17.5 Å². The van der Waals surface area contributed by atoms with E-state index in [1.807, 2.05) is 12.3 Å². The van der Waals surface area contributed by atoms with Crippen molar-refractivity contribution in [3.05, 3.63) is 40.5 Å². The Bertz CT molecular complexity index is 850. The lowest BCUT2D eigenvalue weighted by Crippen LogP contribution is -2.34. The highest BCUT2D eigenvalue weighted by Gasteiger charge is 2.21. The number of halogens is 1. The number of nitrogens with one attached hydrogen (secondary N) is 2. The Morgan fingerprint density at radius 2 is 2.19 bits per heavy atom. The molecule has 1 unspecified atom stereocenters. The van der Waals surface area contributed by atoms with Crippen LogP contribution < -0.4 is 15.5 Å². The molecule has 1 aromatic carbocycles. The van der Waals surface area contributed by atoms with E-state index in [0.717, 1.165) is 49.8 Å². The molecular weight excluding hydrogens is 360 g/mol. The molecule has 1 atom stereocenters. The van der Waals surface area contributed by atoms with Gasteiger partial charge in [0, 0.05) is 37.6 Å². The molecule has 7 heteroatoms. The van der Waals surface area contributed by atoms with E-state index in [9.17, 15) is 0 Å². The first-order valence-electron chi connectivity index (χ1n) is 9.51. The van der Waals surface area contributed by atoms with Crippen molar-refractivity contribution in [1.82, 2.24) is 15.3 Å². The molecule has 1 saturated heterocycles. The third-order valence-corrected chi connectivity index (χ3v) is 5.49. The van der Waals surface area contributed by atoms with Gasteiger partial charge in [-0.05, 0) is 35.6 Å². The van der Waals surface area contributed by atoms with Crippen molar-refractivity contribution in [2.75, 3.05) is 29.9 Å². The summed E-state index contributed by atoms with van der Waals surface area (Å²) >= 11 is 6.35. The molecule has 2 aliphatic heterocycles. The molecule has 142 valence electrons. The summed E-state index contributed by atoms with van der Waals surface area (Å²) in [7, 11) is 0. The van der Waals surface area contributed by atoms with E-state index in [0.29, 0.717) is 22.8 Å². The number of hydrogen-bond acceptors (Lipinski definition) is 6. The van der Waals surface area contributed by atoms with Gasteiger partial charge in [0.1, 0.15) is 5.02 Å². The minimum atomic E-state index is 0.515. The summed E-state index contributed by atoms with van der Waals surface area (Å²) in [5, 5.41) is 7.47. The molecule has 1 aromatic heterocycles. The van der Waals surface area contributed by atoms with Gasteiger partial charge in [-0.1, -0.05) is 31.5 Å². The third kappa shape index (κ3) is 4.06. The summed E-state index contributed by atoms with van der Waals surface area (Å²) in [6.07, 6.45) is 4.67. The van der Waals surface area contributed by atoms with Crippen molar-refractivity contribution in [3.63, 3.8) is 0 Å². The van der Waals surface area contributed by atoms with Crippen molar-refractivity contribution < 1.29 is 0 Å². The summed E-state index contributed by atoms with van der Waals surface area (Å²) in [4.78, 5) is 15.7. The second-order valence-electron chi connectivity index (χ2n) is 7.46. The van der Waals surface area contributed by atoms with Crippen molar-refractivity contribution in [3.8, 4) is 0 Å². The molecule has 0 aliphatic carbocycles. The van der Waals surface area contributed by atoms with Gasteiger partial charge >= 0.3 is 0 Å². The monoisotopic (exact) mass is 384 g/mol. The number of benzene rings is 1. The van der Waals surface area contributed by atoms with Gasteiger partial charge in [0.15, 0.2) is 5.82 Å². The highest BCUT2D eigenvalue weighted by Crippen LogP contribution is 2.27. The predicted octanol–water partition coefficient (Wildman–Crippen LogP) is 3.63. The molecule has 2 aromatic rings. The van der Waals surface area contributed by atoms with Gasteiger partial charge in [-0.3, -0.25) is 4.99 Å². The van der Waals surface area contributed by atoms with E-state index in [1.165, 1.54) is 5.56 Å². The van der Waals surface area contributed by atoms with Crippen molar-refractivity contribution in [2.24, 2.45) is 10.9 Å². The average Bonchev–Trinajstić information content (AvgIpc) is 2.97. The Morgan fingerprint density at radius 1 is 1.30 bits per heavy atom. The lowest BCUT2D eigenvalue weighted by molar-refractivity contribution is 0.403. The number of nitrogens with zero attached hydrogens (tertiary/aromatic N) is 4. The molecule has 3 heterocycles. The van der Waals surface area contributed by atoms with Crippen LogP contribution >= 0.6 is 11.6 Å². The van der Waals surface area contributed by atoms with Crippen molar-refractivity contribution >= 4 is 35.3 Å². The zero-order valence-corrected chi connectivity index (χ0v) is 16.5. The van der Waals surface area contributed by atoms with E-state index in [-0.39, 0.29) is 0 Å². The predicted molar refractivity (Wildman–Crippen MR) is 112 cm³/mol. The average molecular weight is 385 g/mol. The van der Waals surface area contributed by atoms with Crippen LogP contribution in [0.3, 0.4) is 0 Å². The molecular formula is C20H25ClN6. The Morgan fingerprint density at radius 3 is 3.04 bits per heavy atom. The second kappa shape index (κ2) is 7.82. The molecule has 2 N–H and O–H groups in total. The maximum absolute atomic E-state index is 6.35. The molecule has 0 spiro atoms. The quantitative estimate of drug-likeness (QED) is 0.842. The molecule has 0 amide bonds. The minimum Gasteiger partial charge on any atom is -0.339 e. The first-order valence-corrected chi connectivity index (χ1v) is 9.88. The lowest BCUT2D eigenvalue weighted by atomic mass is 10.0. The van der Waals surface area contributed by atoms with Gasteiger partial charge in [0.25, 0.3) is 0 Å². The normalized spacial score (nSPS) is 19.3. The molecule has 1 fully saturated rings. The molecule has 27 heavy (non-hydrogen) atoms. The molecule has 4 rings (SSSR count). The topological polar surface area (TPSA) is 65.4 Å². The summed E-state index contributed by atoms with van der Waals surface area (Å²) in [6.45, 7) is 8.03. The van der Waals surface area contributed by atoms with Crippen LogP contribution in [-0.4, -0.2) is 41.9 Å². The van der Waals surface area contributed by atoms with Gasteiger partial charge in [-0.2, -0.15) is 4.98 Å². The third-order valence-electron chi connectivity index (χ3n) is 5.22. The fraction of sp³-hybridized carbons (Fsp3) is 0.450. The maximum Gasteiger partial charge on any atom is 0.227 e.